The molecule has 1 N–H and O–H groups in total. The largest absolute Gasteiger partial charge is 0.395 e. The first-order valence-corrected chi connectivity index (χ1v) is 4.70. The van der Waals surface area contributed by atoms with Gasteiger partial charge in [0.15, 0.2) is 0 Å². The van der Waals surface area contributed by atoms with Crippen LogP contribution in [-0.2, 0) is 9.59 Å². The molecule has 0 spiro atoms. The molecular weight excluding hydrogens is 294 g/mol. The van der Waals surface area contributed by atoms with Gasteiger partial charge in [0.05, 0.1) is 13.2 Å². The van der Waals surface area contributed by atoms with Crippen molar-refractivity contribution in [3.63, 3.8) is 0 Å². The zero-order chi connectivity index (χ0) is 9.30. The van der Waals surface area contributed by atoms with Crippen molar-refractivity contribution in [2.24, 2.45) is 0 Å². The molecule has 0 aromatic heterocycles. The van der Waals surface area contributed by atoms with E-state index < -0.39 is 11.8 Å². The van der Waals surface area contributed by atoms with Gasteiger partial charge < -0.3 is 5.11 Å². The minimum absolute atomic E-state index is 0.0296. The lowest BCUT2D eigenvalue weighted by Crippen LogP contribution is -2.33. The summed E-state index contributed by atoms with van der Waals surface area (Å²) >= 11 is 5.92. The third kappa shape index (κ3) is 1.46. The summed E-state index contributed by atoms with van der Waals surface area (Å²) in [7, 11) is 0. The Hall–Kier alpha value is -0.200. The SMILES string of the molecule is O=C1C(Br)=C(Br)C(=O)N1CCO. The van der Waals surface area contributed by atoms with E-state index in [9.17, 15) is 9.59 Å². The van der Waals surface area contributed by atoms with E-state index >= 15 is 0 Å². The molecule has 12 heavy (non-hydrogen) atoms. The first-order chi connectivity index (χ1) is 5.59. The summed E-state index contributed by atoms with van der Waals surface area (Å²) in [4.78, 5) is 23.3. The van der Waals surface area contributed by atoms with Crippen LogP contribution in [0, 0.1) is 0 Å². The van der Waals surface area contributed by atoms with Crippen LogP contribution < -0.4 is 0 Å². The summed E-state index contributed by atoms with van der Waals surface area (Å²) in [5, 5.41) is 8.54. The molecule has 0 aliphatic carbocycles. The fourth-order valence-corrected chi connectivity index (χ4v) is 1.59. The molecule has 66 valence electrons. The molecule has 1 aliphatic heterocycles. The first-order valence-electron chi connectivity index (χ1n) is 3.12. The average molecular weight is 299 g/mol. The summed E-state index contributed by atoms with van der Waals surface area (Å²) in [5.41, 5.74) is 0. The molecular formula is C6H5Br2NO3. The van der Waals surface area contributed by atoms with E-state index in [1.807, 2.05) is 0 Å². The van der Waals surface area contributed by atoms with Crippen molar-refractivity contribution >= 4 is 43.7 Å². The van der Waals surface area contributed by atoms with Crippen molar-refractivity contribution in [3.05, 3.63) is 8.96 Å². The van der Waals surface area contributed by atoms with Crippen LogP contribution in [0.25, 0.3) is 0 Å². The number of carbonyl (C=O) groups excluding carboxylic acids is 2. The Balaban J connectivity index is 2.88. The van der Waals surface area contributed by atoms with E-state index in [-0.39, 0.29) is 22.1 Å². The van der Waals surface area contributed by atoms with E-state index in [4.69, 9.17) is 5.11 Å². The zero-order valence-corrected chi connectivity index (χ0v) is 9.05. The number of hydrogen-bond donors (Lipinski definition) is 1. The van der Waals surface area contributed by atoms with Crippen molar-refractivity contribution in [2.75, 3.05) is 13.2 Å². The molecule has 0 aromatic carbocycles. The maximum atomic E-state index is 11.2. The second-order valence-corrected chi connectivity index (χ2v) is 3.70. The number of imide groups is 1. The smallest absolute Gasteiger partial charge is 0.269 e. The number of aliphatic hydroxyl groups is 1. The van der Waals surface area contributed by atoms with E-state index in [1.165, 1.54) is 0 Å². The molecule has 0 fully saturated rings. The number of rotatable bonds is 2. The lowest BCUT2D eigenvalue weighted by Gasteiger charge is -2.11. The second-order valence-electron chi connectivity index (χ2n) is 2.11. The Labute approximate surface area is 85.5 Å². The van der Waals surface area contributed by atoms with Gasteiger partial charge in [-0.15, -0.1) is 0 Å². The fraction of sp³-hybridized carbons (Fsp3) is 0.333. The minimum Gasteiger partial charge on any atom is -0.395 e. The number of nitrogens with zero attached hydrogens (tertiary/aromatic N) is 1. The predicted molar refractivity (Wildman–Crippen MR) is 48.7 cm³/mol. The number of hydrogen-bond acceptors (Lipinski definition) is 3. The average Bonchev–Trinajstić information content (AvgIpc) is 2.23. The van der Waals surface area contributed by atoms with Gasteiger partial charge >= 0.3 is 0 Å². The van der Waals surface area contributed by atoms with E-state index in [1.54, 1.807) is 0 Å². The Bertz CT molecular complexity index is 250. The number of aliphatic hydroxyl groups excluding tert-OH is 1. The van der Waals surface area contributed by atoms with Crippen molar-refractivity contribution in [2.45, 2.75) is 0 Å². The fourth-order valence-electron chi connectivity index (χ4n) is 0.820. The van der Waals surface area contributed by atoms with Crippen LogP contribution in [0.1, 0.15) is 0 Å². The van der Waals surface area contributed by atoms with Crippen LogP contribution in [0.3, 0.4) is 0 Å². The van der Waals surface area contributed by atoms with Crippen molar-refractivity contribution in [3.8, 4) is 0 Å². The maximum Gasteiger partial charge on any atom is 0.269 e. The lowest BCUT2D eigenvalue weighted by molar-refractivity contribution is -0.137. The van der Waals surface area contributed by atoms with Gasteiger partial charge in [-0.1, -0.05) is 0 Å². The molecule has 0 saturated carbocycles. The predicted octanol–water partition coefficient (Wildman–Crippen LogP) is 0.349. The Morgan fingerprint density at radius 2 is 1.58 bits per heavy atom. The Kier molecular flexibility index (Phi) is 3.03. The summed E-state index contributed by atoms with van der Waals surface area (Å²) in [5.74, 6) is -0.832. The van der Waals surface area contributed by atoms with Crippen molar-refractivity contribution in [1.82, 2.24) is 4.90 Å². The van der Waals surface area contributed by atoms with Gasteiger partial charge in [-0.25, -0.2) is 0 Å². The molecule has 1 heterocycles. The number of halogens is 2. The van der Waals surface area contributed by atoms with Gasteiger partial charge in [-0.05, 0) is 31.9 Å². The molecule has 0 unspecified atom stereocenters. The highest BCUT2D eigenvalue weighted by molar-refractivity contribution is 9.14. The molecule has 0 atom stereocenters. The number of β-amino-alcohol motifs (C(OH)–C–C–N with tert-alkyl or cyclic N) is 1. The molecule has 0 aromatic rings. The van der Waals surface area contributed by atoms with Crippen LogP contribution in [0.15, 0.2) is 8.96 Å². The first kappa shape index (κ1) is 9.88. The van der Waals surface area contributed by atoms with Gasteiger partial charge in [-0.2, -0.15) is 0 Å². The van der Waals surface area contributed by atoms with Gasteiger partial charge in [0.2, 0.25) is 0 Å². The summed E-state index contributed by atoms with van der Waals surface area (Å²) < 4.78 is 0.418. The standard InChI is InChI=1S/C6H5Br2NO3/c7-3-4(8)6(12)9(1-2-10)5(3)11/h10H,1-2H2. The number of amides is 2. The van der Waals surface area contributed by atoms with Gasteiger partial charge in [0, 0.05) is 0 Å². The highest BCUT2D eigenvalue weighted by Gasteiger charge is 2.35. The second kappa shape index (κ2) is 3.68. The van der Waals surface area contributed by atoms with E-state index in [2.05, 4.69) is 31.9 Å². The maximum absolute atomic E-state index is 11.2. The number of carbonyl (C=O) groups is 2. The molecule has 0 radical (unpaired) electrons. The molecule has 1 rings (SSSR count). The zero-order valence-electron chi connectivity index (χ0n) is 5.88. The highest BCUT2D eigenvalue weighted by Crippen LogP contribution is 2.28. The summed E-state index contributed by atoms with van der Waals surface area (Å²) in [6, 6.07) is 0. The van der Waals surface area contributed by atoms with Crippen LogP contribution in [0.5, 0.6) is 0 Å². The van der Waals surface area contributed by atoms with Crippen molar-refractivity contribution in [1.29, 1.82) is 0 Å². The molecule has 4 nitrogen and oxygen atoms in total. The molecule has 1 aliphatic rings. The van der Waals surface area contributed by atoms with Crippen LogP contribution >= 0.6 is 31.9 Å². The third-order valence-corrected chi connectivity index (χ3v) is 3.39. The Morgan fingerprint density at radius 3 is 1.92 bits per heavy atom. The van der Waals surface area contributed by atoms with E-state index in [0.717, 1.165) is 4.90 Å². The van der Waals surface area contributed by atoms with Gasteiger partial charge in [0.1, 0.15) is 8.96 Å². The van der Waals surface area contributed by atoms with Crippen LogP contribution in [-0.4, -0.2) is 35.0 Å². The van der Waals surface area contributed by atoms with E-state index in [0.29, 0.717) is 0 Å². The third-order valence-electron chi connectivity index (χ3n) is 1.38. The van der Waals surface area contributed by atoms with Crippen LogP contribution in [0.2, 0.25) is 0 Å². The lowest BCUT2D eigenvalue weighted by atomic mass is 10.5. The van der Waals surface area contributed by atoms with Crippen LogP contribution in [0.4, 0.5) is 0 Å². The summed E-state index contributed by atoms with van der Waals surface area (Å²) in [6.07, 6.45) is 0. The molecule has 0 bridgehead atoms. The van der Waals surface area contributed by atoms with Crippen molar-refractivity contribution < 1.29 is 14.7 Å². The quantitative estimate of drug-likeness (QED) is 0.749. The monoisotopic (exact) mass is 297 g/mol. The summed E-state index contributed by atoms with van der Waals surface area (Å²) in [6.45, 7) is -0.195. The molecule has 6 heteroatoms. The van der Waals surface area contributed by atoms with Gasteiger partial charge in [-0.3, -0.25) is 14.5 Å². The highest BCUT2D eigenvalue weighted by atomic mass is 79.9. The van der Waals surface area contributed by atoms with Gasteiger partial charge in [0.25, 0.3) is 11.8 Å². The molecule has 2 amide bonds. The normalized spacial score (nSPS) is 18.1. The topological polar surface area (TPSA) is 57.6 Å². The Morgan fingerprint density at radius 1 is 1.17 bits per heavy atom. The molecule has 0 saturated heterocycles. The minimum atomic E-state index is -0.416.